The summed E-state index contributed by atoms with van der Waals surface area (Å²) in [5.74, 6) is 1.11. The summed E-state index contributed by atoms with van der Waals surface area (Å²) in [7, 11) is 0. The van der Waals surface area contributed by atoms with Gasteiger partial charge in [-0.25, -0.2) is 0 Å². The predicted octanol–water partition coefficient (Wildman–Crippen LogP) is 4.36. The molecule has 27 heavy (non-hydrogen) atoms. The fraction of sp³-hybridized carbons (Fsp3) is 0.0952. The summed E-state index contributed by atoms with van der Waals surface area (Å²) in [6.07, 6.45) is 0. The highest BCUT2D eigenvalue weighted by atomic mass is 16.5. The Morgan fingerprint density at radius 1 is 1.04 bits per heavy atom. The van der Waals surface area contributed by atoms with Gasteiger partial charge < -0.3 is 14.6 Å². The molecule has 4 rings (SSSR count). The summed E-state index contributed by atoms with van der Waals surface area (Å²) < 4.78 is 10.7. The summed E-state index contributed by atoms with van der Waals surface area (Å²) in [5.41, 5.74) is 1.19. The summed E-state index contributed by atoms with van der Waals surface area (Å²) in [6, 6.07) is 20.8. The lowest BCUT2D eigenvalue weighted by molar-refractivity contribution is 0.102. The maximum Gasteiger partial charge on any atom is 0.259 e. The number of fused-ring (bicyclic) bond motifs is 1. The normalized spacial score (nSPS) is 10.7. The Labute approximate surface area is 155 Å². The zero-order chi connectivity index (χ0) is 18.6. The SMILES string of the molecule is Cc1nc(COc2ccccc2C(=O)Nc2cccc3ccccc23)no1. The number of amides is 1. The molecule has 1 heterocycles. The highest BCUT2D eigenvalue weighted by Crippen LogP contribution is 2.25. The Bertz CT molecular complexity index is 1100. The smallest absolute Gasteiger partial charge is 0.259 e. The van der Waals surface area contributed by atoms with Crippen LogP contribution in [0.4, 0.5) is 5.69 Å². The number of anilines is 1. The number of aromatic nitrogens is 2. The van der Waals surface area contributed by atoms with Gasteiger partial charge in [0.05, 0.1) is 5.56 Å². The first-order chi connectivity index (χ1) is 13.2. The Kier molecular flexibility index (Phi) is 4.53. The van der Waals surface area contributed by atoms with Crippen molar-refractivity contribution in [2.24, 2.45) is 0 Å². The lowest BCUT2D eigenvalue weighted by atomic mass is 10.1. The van der Waals surface area contributed by atoms with Crippen molar-refractivity contribution < 1.29 is 14.1 Å². The molecule has 3 aromatic carbocycles. The number of carbonyl (C=O) groups excluding carboxylic acids is 1. The molecular weight excluding hydrogens is 342 g/mol. The molecule has 0 aliphatic heterocycles. The monoisotopic (exact) mass is 359 g/mol. The van der Waals surface area contributed by atoms with Crippen LogP contribution in [0.5, 0.6) is 5.75 Å². The van der Waals surface area contributed by atoms with Crippen LogP contribution in [0.3, 0.4) is 0 Å². The summed E-state index contributed by atoms with van der Waals surface area (Å²) in [4.78, 5) is 17.0. The van der Waals surface area contributed by atoms with Crippen LogP contribution >= 0.6 is 0 Å². The van der Waals surface area contributed by atoms with Gasteiger partial charge in [0.15, 0.2) is 6.61 Å². The Balaban J connectivity index is 1.56. The summed E-state index contributed by atoms with van der Waals surface area (Å²) in [5, 5.41) is 8.81. The number of nitrogens with one attached hydrogen (secondary N) is 1. The van der Waals surface area contributed by atoms with Crippen LogP contribution in [0.15, 0.2) is 71.3 Å². The molecule has 1 aromatic heterocycles. The number of para-hydroxylation sites is 1. The van der Waals surface area contributed by atoms with E-state index < -0.39 is 0 Å². The molecule has 6 nitrogen and oxygen atoms in total. The molecule has 6 heteroatoms. The van der Waals surface area contributed by atoms with E-state index in [1.54, 1.807) is 25.1 Å². The first-order valence-corrected chi connectivity index (χ1v) is 8.51. The second-order valence-corrected chi connectivity index (χ2v) is 6.00. The molecule has 1 N–H and O–H groups in total. The van der Waals surface area contributed by atoms with Crippen LogP contribution in [0.2, 0.25) is 0 Å². The number of carbonyl (C=O) groups is 1. The average Bonchev–Trinajstić information content (AvgIpc) is 3.12. The second kappa shape index (κ2) is 7.29. The number of rotatable bonds is 5. The Hall–Kier alpha value is -3.67. The van der Waals surface area contributed by atoms with Gasteiger partial charge in [-0.2, -0.15) is 4.98 Å². The van der Waals surface area contributed by atoms with Crippen molar-refractivity contribution >= 4 is 22.4 Å². The molecule has 0 aliphatic carbocycles. The van der Waals surface area contributed by atoms with Gasteiger partial charge in [-0.3, -0.25) is 4.79 Å². The van der Waals surface area contributed by atoms with Crippen LogP contribution in [0, 0.1) is 6.92 Å². The molecule has 0 saturated heterocycles. The minimum Gasteiger partial charge on any atom is -0.485 e. The topological polar surface area (TPSA) is 77.2 Å². The van der Waals surface area contributed by atoms with Crippen LogP contribution in [-0.4, -0.2) is 16.0 Å². The average molecular weight is 359 g/mol. The maximum atomic E-state index is 12.9. The van der Waals surface area contributed by atoms with Crippen molar-refractivity contribution in [3.8, 4) is 5.75 Å². The highest BCUT2D eigenvalue weighted by Gasteiger charge is 2.14. The molecule has 0 aliphatic rings. The van der Waals surface area contributed by atoms with Gasteiger partial charge >= 0.3 is 0 Å². The number of aryl methyl sites for hydroxylation is 1. The van der Waals surface area contributed by atoms with E-state index in [-0.39, 0.29) is 12.5 Å². The molecular formula is C21H17N3O3. The van der Waals surface area contributed by atoms with Crippen molar-refractivity contribution in [3.63, 3.8) is 0 Å². The second-order valence-electron chi connectivity index (χ2n) is 6.00. The lowest BCUT2D eigenvalue weighted by Gasteiger charge is -2.12. The van der Waals surface area contributed by atoms with Crippen LogP contribution in [0.25, 0.3) is 10.8 Å². The van der Waals surface area contributed by atoms with Crippen molar-refractivity contribution in [1.82, 2.24) is 10.1 Å². The van der Waals surface area contributed by atoms with E-state index in [0.29, 0.717) is 23.0 Å². The number of hydrogen-bond donors (Lipinski definition) is 1. The van der Waals surface area contributed by atoms with Crippen LogP contribution in [0.1, 0.15) is 22.1 Å². The van der Waals surface area contributed by atoms with E-state index in [1.807, 2.05) is 48.5 Å². The molecule has 0 spiro atoms. The third-order valence-corrected chi connectivity index (χ3v) is 4.10. The molecule has 134 valence electrons. The largest absolute Gasteiger partial charge is 0.485 e. The van der Waals surface area contributed by atoms with Gasteiger partial charge in [0.2, 0.25) is 11.7 Å². The first kappa shape index (κ1) is 16.8. The van der Waals surface area contributed by atoms with Gasteiger partial charge in [0, 0.05) is 18.0 Å². The third-order valence-electron chi connectivity index (χ3n) is 4.10. The summed E-state index contributed by atoms with van der Waals surface area (Å²) >= 11 is 0. The molecule has 0 bridgehead atoms. The number of nitrogens with zero attached hydrogens (tertiary/aromatic N) is 2. The van der Waals surface area contributed by atoms with Gasteiger partial charge in [0.25, 0.3) is 5.91 Å². The van der Waals surface area contributed by atoms with Gasteiger partial charge in [-0.15, -0.1) is 0 Å². The van der Waals surface area contributed by atoms with Crippen molar-refractivity contribution in [2.45, 2.75) is 13.5 Å². The van der Waals surface area contributed by atoms with Gasteiger partial charge in [-0.05, 0) is 23.6 Å². The lowest BCUT2D eigenvalue weighted by Crippen LogP contribution is -2.14. The Morgan fingerprint density at radius 2 is 1.81 bits per heavy atom. The number of hydrogen-bond acceptors (Lipinski definition) is 5. The highest BCUT2D eigenvalue weighted by molar-refractivity contribution is 6.10. The van der Waals surface area contributed by atoms with Crippen LogP contribution < -0.4 is 10.1 Å². The standard InChI is InChI=1S/C21H17N3O3/c1-14-22-20(24-27-14)13-26-19-12-5-4-10-17(19)21(25)23-18-11-6-8-15-7-2-3-9-16(15)18/h2-12H,13H2,1H3,(H,23,25). The minimum atomic E-state index is -0.244. The van der Waals surface area contributed by atoms with Crippen molar-refractivity contribution in [3.05, 3.63) is 84.0 Å². The van der Waals surface area contributed by atoms with E-state index in [4.69, 9.17) is 9.26 Å². The zero-order valence-corrected chi connectivity index (χ0v) is 14.7. The van der Waals surface area contributed by atoms with E-state index in [0.717, 1.165) is 16.5 Å². The fourth-order valence-corrected chi connectivity index (χ4v) is 2.85. The molecule has 0 atom stereocenters. The fourth-order valence-electron chi connectivity index (χ4n) is 2.85. The molecule has 0 unspecified atom stereocenters. The van der Waals surface area contributed by atoms with Crippen molar-refractivity contribution in [2.75, 3.05) is 5.32 Å². The maximum absolute atomic E-state index is 12.9. The van der Waals surface area contributed by atoms with Gasteiger partial charge in [-0.1, -0.05) is 53.7 Å². The third kappa shape index (κ3) is 3.64. The minimum absolute atomic E-state index is 0.121. The molecule has 0 saturated carbocycles. The van der Waals surface area contributed by atoms with E-state index >= 15 is 0 Å². The van der Waals surface area contributed by atoms with Crippen LogP contribution in [-0.2, 0) is 6.61 Å². The molecule has 4 aromatic rings. The molecule has 0 radical (unpaired) electrons. The molecule has 1 amide bonds. The quantitative estimate of drug-likeness (QED) is 0.573. The zero-order valence-electron chi connectivity index (χ0n) is 14.7. The van der Waals surface area contributed by atoms with E-state index in [1.165, 1.54) is 0 Å². The van der Waals surface area contributed by atoms with E-state index in [9.17, 15) is 4.79 Å². The Morgan fingerprint density at radius 3 is 2.67 bits per heavy atom. The van der Waals surface area contributed by atoms with Crippen molar-refractivity contribution in [1.29, 1.82) is 0 Å². The summed E-state index contributed by atoms with van der Waals surface area (Å²) in [6.45, 7) is 1.83. The number of ether oxygens (including phenoxy) is 1. The molecule has 0 fully saturated rings. The van der Waals surface area contributed by atoms with E-state index in [2.05, 4.69) is 15.5 Å². The van der Waals surface area contributed by atoms with Gasteiger partial charge in [0.1, 0.15) is 5.75 Å². The first-order valence-electron chi connectivity index (χ1n) is 8.51. The predicted molar refractivity (Wildman–Crippen MR) is 102 cm³/mol. The number of benzene rings is 3.